The Morgan fingerprint density at radius 1 is 1.41 bits per heavy atom. The molecule has 5 heteroatoms. The molecule has 0 spiro atoms. The maximum atomic E-state index is 11.3. The van der Waals surface area contributed by atoms with Crippen molar-refractivity contribution in [2.75, 3.05) is 5.32 Å². The minimum Gasteiger partial charge on any atom is -0.380 e. The van der Waals surface area contributed by atoms with Gasteiger partial charge in [-0.05, 0) is 37.5 Å². The summed E-state index contributed by atoms with van der Waals surface area (Å²) in [5, 5.41) is 3.78. The number of amides is 1. The lowest BCUT2D eigenvalue weighted by Crippen LogP contribution is -2.35. The third-order valence-electron chi connectivity index (χ3n) is 3.16. The maximum absolute atomic E-state index is 11.3. The van der Waals surface area contributed by atoms with Crippen LogP contribution in [0.15, 0.2) is 18.2 Å². The molecular formula is C12H16ClN3O. The van der Waals surface area contributed by atoms with Crippen molar-refractivity contribution < 1.29 is 4.79 Å². The zero-order valence-electron chi connectivity index (χ0n) is 9.45. The number of hydrogen-bond donors (Lipinski definition) is 3. The molecule has 0 bridgehead atoms. The summed E-state index contributed by atoms with van der Waals surface area (Å²) in [6, 6.07) is 5.41. The van der Waals surface area contributed by atoms with Crippen LogP contribution >= 0.6 is 11.6 Å². The topological polar surface area (TPSA) is 81.1 Å². The normalized spacial score (nSPS) is 23.6. The molecule has 1 aliphatic carbocycles. The molecule has 0 aromatic heterocycles. The second-order valence-corrected chi connectivity index (χ2v) is 4.84. The van der Waals surface area contributed by atoms with E-state index in [0.29, 0.717) is 16.3 Å². The minimum absolute atomic E-state index is 0.131. The molecule has 2 rings (SSSR count). The summed E-state index contributed by atoms with van der Waals surface area (Å²) in [5.74, 6) is -0.485. The van der Waals surface area contributed by atoms with Crippen molar-refractivity contribution in [3.63, 3.8) is 0 Å². The van der Waals surface area contributed by atoms with Crippen LogP contribution in [0.1, 0.15) is 29.6 Å². The largest absolute Gasteiger partial charge is 0.380 e. The van der Waals surface area contributed by atoms with Gasteiger partial charge in [0.25, 0.3) is 5.91 Å². The van der Waals surface area contributed by atoms with Gasteiger partial charge in [-0.25, -0.2) is 0 Å². The van der Waals surface area contributed by atoms with Crippen molar-refractivity contribution in [2.45, 2.75) is 31.3 Å². The van der Waals surface area contributed by atoms with Crippen LogP contribution in [-0.4, -0.2) is 18.0 Å². The first-order valence-corrected chi connectivity index (χ1v) is 6.07. The monoisotopic (exact) mass is 253 g/mol. The van der Waals surface area contributed by atoms with Gasteiger partial charge < -0.3 is 16.8 Å². The molecule has 1 aromatic rings. The lowest BCUT2D eigenvalue weighted by atomic mass is 10.1. The smallest absolute Gasteiger partial charge is 0.250 e. The van der Waals surface area contributed by atoms with Gasteiger partial charge >= 0.3 is 0 Å². The fourth-order valence-electron chi connectivity index (χ4n) is 2.21. The Labute approximate surface area is 105 Å². The van der Waals surface area contributed by atoms with Gasteiger partial charge in [-0.15, -0.1) is 0 Å². The fourth-order valence-corrected chi connectivity index (χ4v) is 2.39. The number of primary amides is 1. The van der Waals surface area contributed by atoms with Crippen molar-refractivity contribution in [3.8, 4) is 0 Å². The number of carbonyl (C=O) groups excluding carboxylic acids is 1. The summed E-state index contributed by atoms with van der Waals surface area (Å²) >= 11 is 5.85. The van der Waals surface area contributed by atoms with E-state index in [1.807, 2.05) is 0 Å². The Hall–Kier alpha value is -1.26. The van der Waals surface area contributed by atoms with Crippen LogP contribution in [-0.2, 0) is 0 Å². The molecule has 0 heterocycles. The van der Waals surface area contributed by atoms with Gasteiger partial charge in [0.2, 0.25) is 0 Å². The van der Waals surface area contributed by atoms with Crippen molar-refractivity contribution in [1.29, 1.82) is 0 Å². The van der Waals surface area contributed by atoms with Gasteiger partial charge in [0.15, 0.2) is 0 Å². The summed E-state index contributed by atoms with van der Waals surface area (Å²) in [6.07, 6.45) is 3.14. The van der Waals surface area contributed by atoms with Crippen molar-refractivity contribution in [3.05, 3.63) is 28.8 Å². The minimum atomic E-state index is -0.485. The quantitative estimate of drug-likeness (QED) is 0.767. The van der Waals surface area contributed by atoms with E-state index in [1.165, 1.54) is 0 Å². The predicted octanol–water partition coefficient (Wildman–Crippen LogP) is 1.73. The zero-order valence-corrected chi connectivity index (χ0v) is 10.2. The summed E-state index contributed by atoms with van der Waals surface area (Å²) < 4.78 is 0. The van der Waals surface area contributed by atoms with Crippen LogP contribution in [0.4, 0.5) is 5.69 Å². The van der Waals surface area contributed by atoms with Crippen LogP contribution < -0.4 is 16.8 Å². The maximum Gasteiger partial charge on any atom is 0.250 e. The molecule has 1 fully saturated rings. The van der Waals surface area contributed by atoms with Crippen molar-refractivity contribution >= 4 is 23.2 Å². The number of nitrogens with one attached hydrogen (secondary N) is 1. The number of nitrogens with two attached hydrogens (primary N) is 2. The SMILES string of the molecule is NC(=O)c1cc(Cl)ccc1NC1CCCC1N. The highest BCUT2D eigenvalue weighted by Crippen LogP contribution is 2.25. The molecule has 1 amide bonds. The van der Waals surface area contributed by atoms with Gasteiger partial charge in [-0.2, -0.15) is 0 Å². The number of carbonyl (C=O) groups is 1. The van der Waals surface area contributed by atoms with E-state index in [4.69, 9.17) is 23.1 Å². The van der Waals surface area contributed by atoms with Gasteiger partial charge in [0, 0.05) is 22.8 Å². The summed E-state index contributed by atoms with van der Waals surface area (Å²) in [5.41, 5.74) is 12.4. The molecule has 2 unspecified atom stereocenters. The second-order valence-electron chi connectivity index (χ2n) is 4.40. The number of benzene rings is 1. The average molecular weight is 254 g/mol. The first-order chi connectivity index (χ1) is 8.08. The molecule has 2 atom stereocenters. The molecule has 4 nitrogen and oxygen atoms in total. The van der Waals surface area contributed by atoms with E-state index in [-0.39, 0.29) is 12.1 Å². The van der Waals surface area contributed by atoms with E-state index in [9.17, 15) is 4.79 Å². The second kappa shape index (κ2) is 4.94. The Kier molecular flexibility index (Phi) is 3.54. The molecule has 17 heavy (non-hydrogen) atoms. The Bertz CT molecular complexity index is 436. The fraction of sp³-hybridized carbons (Fsp3) is 0.417. The number of hydrogen-bond acceptors (Lipinski definition) is 3. The van der Waals surface area contributed by atoms with Gasteiger partial charge in [-0.3, -0.25) is 4.79 Å². The van der Waals surface area contributed by atoms with E-state index in [0.717, 1.165) is 19.3 Å². The highest BCUT2D eigenvalue weighted by atomic mass is 35.5. The average Bonchev–Trinajstić information content (AvgIpc) is 2.67. The third kappa shape index (κ3) is 2.70. The Morgan fingerprint density at radius 3 is 2.76 bits per heavy atom. The van der Waals surface area contributed by atoms with Crippen molar-refractivity contribution in [2.24, 2.45) is 11.5 Å². The van der Waals surface area contributed by atoms with E-state index in [2.05, 4.69) is 5.32 Å². The van der Waals surface area contributed by atoms with Crippen LogP contribution in [0.3, 0.4) is 0 Å². The molecular weight excluding hydrogens is 238 g/mol. The summed E-state index contributed by atoms with van der Waals surface area (Å²) in [4.78, 5) is 11.3. The molecule has 5 N–H and O–H groups in total. The van der Waals surface area contributed by atoms with Gasteiger partial charge in [0.1, 0.15) is 0 Å². The molecule has 0 saturated heterocycles. The zero-order chi connectivity index (χ0) is 12.4. The van der Waals surface area contributed by atoms with Crippen molar-refractivity contribution in [1.82, 2.24) is 0 Å². The van der Waals surface area contributed by atoms with E-state index >= 15 is 0 Å². The number of rotatable bonds is 3. The Morgan fingerprint density at radius 2 is 2.18 bits per heavy atom. The van der Waals surface area contributed by atoms with Crippen LogP contribution in [0.25, 0.3) is 0 Å². The molecule has 1 saturated carbocycles. The predicted molar refractivity (Wildman–Crippen MR) is 69.2 cm³/mol. The third-order valence-corrected chi connectivity index (χ3v) is 3.39. The summed E-state index contributed by atoms with van der Waals surface area (Å²) in [7, 11) is 0. The molecule has 1 aliphatic rings. The highest BCUT2D eigenvalue weighted by Gasteiger charge is 2.24. The number of anilines is 1. The van der Waals surface area contributed by atoms with E-state index < -0.39 is 5.91 Å². The van der Waals surface area contributed by atoms with Crippen LogP contribution in [0.2, 0.25) is 5.02 Å². The molecule has 0 radical (unpaired) electrons. The first kappa shape index (κ1) is 12.2. The molecule has 1 aromatic carbocycles. The lowest BCUT2D eigenvalue weighted by Gasteiger charge is -2.20. The van der Waals surface area contributed by atoms with Gasteiger partial charge in [-0.1, -0.05) is 11.6 Å². The lowest BCUT2D eigenvalue weighted by molar-refractivity contribution is 0.100. The first-order valence-electron chi connectivity index (χ1n) is 5.69. The summed E-state index contributed by atoms with van der Waals surface area (Å²) in [6.45, 7) is 0. The molecule has 0 aliphatic heterocycles. The number of halogens is 1. The standard InChI is InChI=1S/C12H16ClN3O/c13-7-4-5-10(8(6-7)12(15)17)16-11-3-1-2-9(11)14/h4-6,9,11,16H,1-3,14H2,(H2,15,17). The van der Waals surface area contributed by atoms with Crippen LogP contribution in [0.5, 0.6) is 0 Å². The van der Waals surface area contributed by atoms with Crippen LogP contribution in [0, 0.1) is 0 Å². The van der Waals surface area contributed by atoms with E-state index in [1.54, 1.807) is 18.2 Å². The van der Waals surface area contributed by atoms with Gasteiger partial charge in [0.05, 0.1) is 5.56 Å². The molecule has 92 valence electrons. The highest BCUT2D eigenvalue weighted by molar-refractivity contribution is 6.31. The Balaban J connectivity index is 2.22.